The third-order valence-electron chi connectivity index (χ3n) is 9.40. The highest BCUT2D eigenvalue weighted by molar-refractivity contribution is 6.11. The summed E-state index contributed by atoms with van der Waals surface area (Å²) in [5, 5.41) is 15.1. The molecule has 2 aromatic heterocycles. The van der Waals surface area contributed by atoms with E-state index in [1.807, 2.05) is 48.5 Å². The third kappa shape index (κ3) is 4.14. The summed E-state index contributed by atoms with van der Waals surface area (Å²) in [6.07, 6.45) is 0. The summed E-state index contributed by atoms with van der Waals surface area (Å²) in [6.45, 7) is 7.64. The van der Waals surface area contributed by atoms with Crippen LogP contribution >= 0.6 is 0 Å². The van der Waals surface area contributed by atoms with Crippen molar-refractivity contribution in [2.75, 3.05) is 0 Å². The molecule has 4 heteroatoms. The molecule has 0 saturated heterocycles. The molecule has 0 aliphatic carbocycles. The zero-order valence-corrected chi connectivity index (χ0v) is 25.8. The second kappa shape index (κ2) is 10.9. The molecule has 0 spiro atoms. The van der Waals surface area contributed by atoms with Crippen LogP contribution in [0.15, 0.2) is 158 Å². The summed E-state index contributed by atoms with van der Waals surface area (Å²) < 4.78 is 4.54. The summed E-state index contributed by atoms with van der Waals surface area (Å²) >= 11 is 0. The number of aromatic nitrogens is 2. The van der Waals surface area contributed by atoms with E-state index in [2.05, 4.69) is 129 Å². The Labute approximate surface area is 277 Å². The van der Waals surface area contributed by atoms with Gasteiger partial charge in [0.05, 0.1) is 40.4 Å². The highest BCUT2D eigenvalue weighted by Crippen LogP contribution is 2.39. The van der Waals surface area contributed by atoms with Gasteiger partial charge >= 0.3 is 0 Å². The van der Waals surface area contributed by atoms with Crippen LogP contribution in [0.4, 0.5) is 5.69 Å². The summed E-state index contributed by atoms with van der Waals surface area (Å²) in [5.74, 6) is 0. The molecular formula is C44H26N4. The highest BCUT2D eigenvalue weighted by atomic mass is 15.0. The smallest absolute Gasteiger partial charge is 0.189 e. The van der Waals surface area contributed by atoms with Crippen molar-refractivity contribution in [3.05, 3.63) is 175 Å². The Bertz CT molecular complexity index is 2750. The minimum Gasteiger partial charge on any atom is -0.310 e. The molecule has 222 valence electrons. The lowest BCUT2D eigenvalue weighted by Gasteiger charge is -2.15. The summed E-state index contributed by atoms with van der Waals surface area (Å²) in [5.41, 5.74) is 11.5. The quantitative estimate of drug-likeness (QED) is 0.183. The lowest BCUT2D eigenvalue weighted by Crippen LogP contribution is -1.97. The van der Waals surface area contributed by atoms with Crippen molar-refractivity contribution in [2.24, 2.45) is 0 Å². The van der Waals surface area contributed by atoms with Crippen LogP contribution in [-0.4, -0.2) is 9.13 Å². The third-order valence-corrected chi connectivity index (χ3v) is 9.40. The molecule has 0 aliphatic heterocycles. The normalized spacial score (nSPS) is 11.3. The van der Waals surface area contributed by atoms with E-state index in [9.17, 15) is 5.26 Å². The van der Waals surface area contributed by atoms with Crippen LogP contribution in [-0.2, 0) is 0 Å². The van der Waals surface area contributed by atoms with Crippen LogP contribution < -0.4 is 0 Å². The largest absolute Gasteiger partial charge is 0.310 e. The first-order valence-electron chi connectivity index (χ1n) is 15.9. The van der Waals surface area contributed by atoms with Crippen molar-refractivity contribution < 1.29 is 0 Å². The van der Waals surface area contributed by atoms with E-state index in [-0.39, 0.29) is 0 Å². The Morgan fingerprint density at radius 1 is 0.479 bits per heavy atom. The summed E-state index contributed by atoms with van der Waals surface area (Å²) in [6, 6.07) is 56.6. The topological polar surface area (TPSA) is 38.0 Å². The van der Waals surface area contributed by atoms with Gasteiger partial charge in [-0.15, -0.1) is 0 Å². The van der Waals surface area contributed by atoms with Crippen molar-refractivity contribution in [3.8, 4) is 39.7 Å². The Balaban J connectivity index is 1.15. The summed E-state index contributed by atoms with van der Waals surface area (Å²) in [4.78, 5) is 3.71. The van der Waals surface area contributed by atoms with Crippen LogP contribution in [0.3, 0.4) is 0 Å². The van der Waals surface area contributed by atoms with Crippen molar-refractivity contribution in [1.82, 2.24) is 9.13 Å². The van der Waals surface area contributed by atoms with Crippen molar-refractivity contribution in [2.45, 2.75) is 0 Å². The fraction of sp³-hybridized carbons (Fsp3) is 0. The molecule has 9 rings (SSSR count). The molecule has 7 aromatic carbocycles. The first-order valence-corrected chi connectivity index (χ1v) is 15.9. The lowest BCUT2D eigenvalue weighted by molar-refractivity contribution is 1.18. The van der Waals surface area contributed by atoms with E-state index in [4.69, 9.17) is 6.57 Å². The molecule has 9 aromatic rings. The number of benzene rings is 7. The Kier molecular flexibility index (Phi) is 6.22. The molecule has 0 radical (unpaired) electrons. The van der Waals surface area contributed by atoms with Gasteiger partial charge in [0, 0.05) is 38.3 Å². The Morgan fingerprint density at radius 3 is 1.69 bits per heavy atom. The van der Waals surface area contributed by atoms with Crippen molar-refractivity contribution >= 4 is 49.3 Å². The van der Waals surface area contributed by atoms with Gasteiger partial charge in [-0.1, -0.05) is 109 Å². The van der Waals surface area contributed by atoms with Gasteiger partial charge in [0.1, 0.15) is 0 Å². The van der Waals surface area contributed by atoms with E-state index in [0.717, 1.165) is 55.4 Å². The average Bonchev–Trinajstić information content (AvgIpc) is 3.67. The number of nitrogens with zero attached hydrogens (tertiary/aromatic N) is 4. The van der Waals surface area contributed by atoms with Gasteiger partial charge in [-0.05, 0) is 65.2 Å². The average molecular weight is 611 g/mol. The van der Waals surface area contributed by atoms with Gasteiger partial charge in [-0.2, -0.15) is 5.26 Å². The first kappa shape index (κ1) is 27.4. The van der Waals surface area contributed by atoms with Crippen LogP contribution in [0.2, 0.25) is 0 Å². The standard InChI is InChI=1S/C44H26N4/c1-46-32-21-25-39-38-13-5-9-17-43(38)48(44(39)27-32)40-14-6-2-10-35(40)30-20-24-34(31(26-30)28-45)29-18-22-33(23-19-29)47-41-15-7-3-11-36(41)37-12-4-8-16-42(37)47/h2-27H. The van der Waals surface area contributed by atoms with Crippen LogP contribution in [0.1, 0.15) is 5.56 Å². The second-order valence-electron chi connectivity index (χ2n) is 12.0. The van der Waals surface area contributed by atoms with Crippen LogP contribution in [0, 0.1) is 17.9 Å². The fourth-order valence-electron chi connectivity index (χ4n) is 7.25. The van der Waals surface area contributed by atoms with E-state index in [1.165, 1.54) is 21.8 Å². The van der Waals surface area contributed by atoms with Gasteiger partial charge in [-0.3, -0.25) is 0 Å². The minimum atomic E-state index is 0.601. The predicted octanol–water partition coefficient (Wildman–Crippen LogP) is 11.6. The number of hydrogen-bond donors (Lipinski definition) is 0. The number of fused-ring (bicyclic) bond motifs is 6. The van der Waals surface area contributed by atoms with Gasteiger partial charge < -0.3 is 9.13 Å². The molecule has 0 bridgehead atoms. The SMILES string of the molecule is [C-]#[N+]c1ccc2c3ccccc3n(-c3ccccc3-c3ccc(-c4ccc(-n5c6ccccc6c6ccccc65)cc4)c(C#N)c3)c2c1. The molecular weight excluding hydrogens is 585 g/mol. The molecule has 0 saturated carbocycles. The van der Waals surface area contributed by atoms with Crippen LogP contribution in [0.25, 0.3) is 82.1 Å². The zero-order valence-electron chi connectivity index (χ0n) is 25.8. The van der Waals surface area contributed by atoms with E-state index < -0.39 is 0 Å². The molecule has 0 unspecified atom stereocenters. The van der Waals surface area contributed by atoms with Gasteiger partial charge in [-0.25, -0.2) is 4.85 Å². The molecule has 0 fully saturated rings. The first-order chi connectivity index (χ1) is 23.7. The Hall–Kier alpha value is -6.88. The Morgan fingerprint density at radius 2 is 1.04 bits per heavy atom. The molecule has 4 nitrogen and oxygen atoms in total. The molecule has 0 amide bonds. The number of nitriles is 1. The minimum absolute atomic E-state index is 0.601. The van der Waals surface area contributed by atoms with E-state index in [0.29, 0.717) is 11.3 Å². The highest BCUT2D eigenvalue weighted by Gasteiger charge is 2.17. The maximum atomic E-state index is 10.4. The number of hydrogen-bond acceptors (Lipinski definition) is 1. The van der Waals surface area contributed by atoms with E-state index in [1.54, 1.807) is 0 Å². The maximum absolute atomic E-state index is 10.4. The second-order valence-corrected chi connectivity index (χ2v) is 12.0. The van der Waals surface area contributed by atoms with Crippen molar-refractivity contribution in [1.29, 1.82) is 5.26 Å². The zero-order chi connectivity index (χ0) is 32.2. The van der Waals surface area contributed by atoms with Gasteiger partial charge in [0.2, 0.25) is 0 Å². The van der Waals surface area contributed by atoms with E-state index >= 15 is 0 Å². The summed E-state index contributed by atoms with van der Waals surface area (Å²) in [7, 11) is 0. The molecule has 0 N–H and O–H groups in total. The molecule has 0 atom stereocenters. The molecule has 48 heavy (non-hydrogen) atoms. The monoisotopic (exact) mass is 610 g/mol. The van der Waals surface area contributed by atoms with Gasteiger partial charge in [0.15, 0.2) is 5.69 Å². The van der Waals surface area contributed by atoms with Crippen LogP contribution in [0.5, 0.6) is 0 Å². The molecule has 0 aliphatic rings. The van der Waals surface area contributed by atoms with Crippen molar-refractivity contribution in [3.63, 3.8) is 0 Å². The number of rotatable bonds is 4. The fourth-order valence-corrected chi connectivity index (χ4v) is 7.25. The number of para-hydroxylation sites is 4. The molecule has 2 heterocycles. The predicted molar refractivity (Wildman–Crippen MR) is 197 cm³/mol. The maximum Gasteiger partial charge on any atom is 0.189 e. The van der Waals surface area contributed by atoms with Gasteiger partial charge in [0.25, 0.3) is 0 Å². The lowest BCUT2D eigenvalue weighted by atomic mass is 9.94.